The fourth-order valence-electron chi connectivity index (χ4n) is 3.11. The molecule has 146 valence electrons. The van der Waals surface area contributed by atoms with E-state index >= 15 is 0 Å². The molecule has 1 heterocycles. The van der Waals surface area contributed by atoms with E-state index in [1.165, 1.54) is 0 Å². The maximum absolute atomic E-state index is 12.9. The number of benzene rings is 3. The normalized spacial score (nSPS) is 12.9. The smallest absolute Gasteiger partial charge is 0.231 e. The average Bonchev–Trinajstić information content (AvgIpc) is 3.21. The number of allylic oxidation sites excluding steroid dienone is 1. The van der Waals surface area contributed by atoms with Crippen LogP contribution in [0.4, 0.5) is 0 Å². The highest BCUT2D eigenvalue weighted by molar-refractivity contribution is 6.01. The first-order valence-corrected chi connectivity index (χ1v) is 9.48. The third kappa shape index (κ3) is 4.16. The van der Waals surface area contributed by atoms with Gasteiger partial charge in [0, 0.05) is 0 Å². The minimum Gasteiger partial charge on any atom is -0.457 e. The zero-order valence-electron chi connectivity index (χ0n) is 16.4. The van der Waals surface area contributed by atoms with Gasteiger partial charge in [0.05, 0.1) is 5.41 Å². The number of carbonyl (C=O) groups is 1. The lowest BCUT2D eigenvalue weighted by Crippen LogP contribution is -2.27. The first kappa shape index (κ1) is 18.8. The molecule has 0 fully saturated rings. The van der Waals surface area contributed by atoms with Crippen molar-refractivity contribution in [2.45, 2.75) is 19.3 Å². The van der Waals surface area contributed by atoms with Gasteiger partial charge in [0.1, 0.15) is 11.5 Å². The molecule has 0 saturated carbocycles. The summed E-state index contributed by atoms with van der Waals surface area (Å²) in [6.45, 7) is 4.03. The number of para-hydroxylation sites is 1. The second-order valence-corrected chi connectivity index (χ2v) is 7.38. The zero-order chi connectivity index (χ0) is 20.3. The third-order valence-electron chi connectivity index (χ3n) is 4.97. The van der Waals surface area contributed by atoms with Crippen LogP contribution in [-0.2, 0) is 10.2 Å². The van der Waals surface area contributed by atoms with Crippen LogP contribution in [0.1, 0.15) is 25.0 Å². The highest BCUT2D eigenvalue weighted by atomic mass is 16.7. The molecule has 0 aliphatic carbocycles. The van der Waals surface area contributed by atoms with Crippen LogP contribution in [0.25, 0.3) is 6.08 Å². The van der Waals surface area contributed by atoms with Gasteiger partial charge < -0.3 is 14.2 Å². The maximum Gasteiger partial charge on any atom is 0.231 e. The van der Waals surface area contributed by atoms with Crippen molar-refractivity contribution in [3.63, 3.8) is 0 Å². The summed E-state index contributed by atoms with van der Waals surface area (Å²) in [4.78, 5) is 12.9. The van der Waals surface area contributed by atoms with E-state index in [0.29, 0.717) is 11.5 Å². The summed E-state index contributed by atoms with van der Waals surface area (Å²) >= 11 is 0. The first-order valence-electron chi connectivity index (χ1n) is 9.48. The number of hydrogen-bond donors (Lipinski definition) is 0. The molecular weight excluding hydrogens is 364 g/mol. The highest BCUT2D eigenvalue weighted by Crippen LogP contribution is 2.37. The van der Waals surface area contributed by atoms with Crippen LogP contribution in [0.2, 0.25) is 0 Å². The number of fused-ring (bicyclic) bond motifs is 1. The van der Waals surface area contributed by atoms with Gasteiger partial charge in [-0.2, -0.15) is 0 Å². The molecule has 0 atom stereocenters. The molecule has 0 spiro atoms. The van der Waals surface area contributed by atoms with Crippen LogP contribution < -0.4 is 14.2 Å². The lowest BCUT2D eigenvalue weighted by atomic mass is 9.80. The Hall–Kier alpha value is -3.53. The van der Waals surface area contributed by atoms with E-state index in [1.807, 2.05) is 92.7 Å². The lowest BCUT2D eigenvalue weighted by Gasteiger charge is -2.22. The summed E-state index contributed by atoms with van der Waals surface area (Å²) in [5.74, 6) is 2.89. The Morgan fingerprint density at radius 2 is 1.66 bits per heavy atom. The first-order chi connectivity index (χ1) is 14.0. The van der Waals surface area contributed by atoms with Crippen LogP contribution in [-0.4, -0.2) is 12.6 Å². The molecule has 0 amide bonds. The second kappa shape index (κ2) is 7.84. The second-order valence-electron chi connectivity index (χ2n) is 7.38. The SMILES string of the molecule is CC(C)(C(=O)/C=C/c1cccc(Oc2ccccc2)c1)c1ccc2c(c1)OCO2. The van der Waals surface area contributed by atoms with E-state index in [9.17, 15) is 4.79 Å². The van der Waals surface area contributed by atoms with Gasteiger partial charge in [0.2, 0.25) is 6.79 Å². The maximum atomic E-state index is 12.9. The molecule has 0 bridgehead atoms. The van der Waals surface area contributed by atoms with E-state index < -0.39 is 5.41 Å². The molecule has 0 unspecified atom stereocenters. The Bertz CT molecular complexity index is 1050. The summed E-state index contributed by atoms with van der Waals surface area (Å²) < 4.78 is 16.7. The number of carbonyl (C=O) groups excluding carboxylic acids is 1. The standard InChI is InChI=1S/C25H22O4/c1-25(2,19-12-13-22-23(16-19)28-17-27-22)24(26)14-11-18-7-6-10-21(15-18)29-20-8-4-3-5-9-20/h3-16H,17H2,1-2H3/b14-11+. The lowest BCUT2D eigenvalue weighted by molar-refractivity contribution is -0.118. The van der Waals surface area contributed by atoms with Gasteiger partial charge in [0.25, 0.3) is 0 Å². The molecule has 4 rings (SSSR count). The molecule has 3 aromatic rings. The van der Waals surface area contributed by atoms with Crippen molar-refractivity contribution in [3.05, 3.63) is 90.0 Å². The summed E-state index contributed by atoms with van der Waals surface area (Å²) in [5.41, 5.74) is 1.10. The molecule has 0 saturated heterocycles. The molecule has 1 aliphatic heterocycles. The number of hydrogen-bond acceptors (Lipinski definition) is 4. The molecule has 0 radical (unpaired) electrons. The van der Waals surface area contributed by atoms with Gasteiger partial charge in [-0.3, -0.25) is 4.79 Å². The van der Waals surface area contributed by atoms with Gasteiger partial charge in [0.15, 0.2) is 17.3 Å². The Balaban J connectivity index is 1.49. The van der Waals surface area contributed by atoms with Gasteiger partial charge in [-0.25, -0.2) is 0 Å². The molecular formula is C25H22O4. The molecule has 1 aliphatic rings. The van der Waals surface area contributed by atoms with Crippen LogP contribution in [0.3, 0.4) is 0 Å². The predicted octanol–water partition coefficient (Wildman–Crippen LogP) is 5.77. The van der Waals surface area contributed by atoms with Gasteiger partial charge >= 0.3 is 0 Å². The summed E-state index contributed by atoms with van der Waals surface area (Å²) in [6, 6.07) is 22.9. The fraction of sp³-hybridized carbons (Fsp3) is 0.160. The Labute approximate surface area is 170 Å². The molecule has 4 heteroatoms. The Morgan fingerprint density at radius 3 is 2.48 bits per heavy atom. The average molecular weight is 386 g/mol. The van der Waals surface area contributed by atoms with Gasteiger partial charge in [-0.15, -0.1) is 0 Å². The van der Waals surface area contributed by atoms with E-state index in [4.69, 9.17) is 14.2 Å². The van der Waals surface area contributed by atoms with Crippen LogP contribution >= 0.6 is 0 Å². The summed E-state index contributed by atoms with van der Waals surface area (Å²) in [7, 11) is 0. The summed E-state index contributed by atoms with van der Waals surface area (Å²) in [6.07, 6.45) is 3.43. The minimum atomic E-state index is -0.685. The van der Waals surface area contributed by atoms with E-state index in [0.717, 1.165) is 22.6 Å². The predicted molar refractivity (Wildman–Crippen MR) is 113 cm³/mol. The van der Waals surface area contributed by atoms with Gasteiger partial charge in [-0.05, 0) is 67.4 Å². The molecule has 0 aromatic heterocycles. The van der Waals surface area contributed by atoms with Crippen molar-refractivity contribution in [1.29, 1.82) is 0 Å². The monoisotopic (exact) mass is 386 g/mol. The van der Waals surface area contributed by atoms with E-state index in [1.54, 1.807) is 6.08 Å². The highest BCUT2D eigenvalue weighted by Gasteiger charge is 2.29. The zero-order valence-corrected chi connectivity index (χ0v) is 16.4. The van der Waals surface area contributed by atoms with Crippen molar-refractivity contribution >= 4 is 11.9 Å². The molecule has 29 heavy (non-hydrogen) atoms. The fourth-order valence-corrected chi connectivity index (χ4v) is 3.11. The van der Waals surface area contributed by atoms with E-state index in [2.05, 4.69) is 0 Å². The van der Waals surface area contributed by atoms with Crippen LogP contribution in [0.5, 0.6) is 23.0 Å². The van der Waals surface area contributed by atoms with Gasteiger partial charge in [-0.1, -0.05) is 42.5 Å². The molecule has 0 N–H and O–H groups in total. The molecule has 4 nitrogen and oxygen atoms in total. The topological polar surface area (TPSA) is 44.8 Å². The Kier molecular flexibility index (Phi) is 5.09. The van der Waals surface area contributed by atoms with Crippen molar-refractivity contribution in [2.75, 3.05) is 6.79 Å². The summed E-state index contributed by atoms with van der Waals surface area (Å²) in [5, 5.41) is 0. The van der Waals surface area contributed by atoms with Crippen LogP contribution in [0.15, 0.2) is 78.9 Å². The van der Waals surface area contributed by atoms with Crippen molar-refractivity contribution in [3.8, 4) is 23.0 Å². The Morgan fingerprint density at radius 1 is 0.897 bits per heavy atom. The number of rotatable bonds is 6. The van der Waals surface area contributed by atoms with Crippen molar-refractivity contribution in [2.24, 2.45) is 0 Å². The third-order valence-corrected chi connectivity index (χ3v) is 4.97. The van der Waals surface area contributed by atoms with E-state index in [-0.39, 0.29) is 12.6 Å². The number of ether oxygens (including phenoxy) is 3. The van der Waals surface area contributed by atoms with Crippen molar-refractivity contribution in [1.82, 2.24) is 0 Å². The van der Waals surface area contributed by atoms with Crippen LogP contribution in [0, 0.1) is 0 Å². The largest absolute Gasteiger partial charge is 0.457 e. The van der Waals surface area contributed by atoms with Crippen molar-refractivity contribution < 1.29 is 19.0 Å². The quantitative estimate of drug-likeness (QED) is 0.505. The number of ketones is 1. The minimum absolute atomic E-state index is 0.00532. The molecule has 3 aromatic carbocycles.